The highest BCUT2D eigenvalue weighted by atomic mass is 14.5. The van der Waals surface area contributed by atoms with E-state index in [1.807, 2.05) is 0 Å². The molecule has 0 saturated carbocycles. The van der Waals surface area contributed by atoms with Crippen molar-refractivity contribution in [1.29, 1.82) is 0 Å². The van der Waals surface area contributed by atoms with E-state index in [0.717, 1.165) is 0 Å². The van der Waals surface area contributed by atoms with Gasteiger partial charge in [0, 0.05) is 6.20 Å². The molecular weight excluding hydrogens is 88.1 g/mol. The van der Waals surface area contributed by atoms with E-state index in [2.05, 4.69) is 5.73 Å². The predicted molar refractivity (Wildman–Crippen MR) is 30.2 cm³/mol. The summed E-state index contributed by atoms with van der Waals surface area (Å²) in [5.74, 6) is 0. The second-order valence-electron chi connectivity index (χ2n) is 0.885. The van der Waals surface area contributed by atoms with Crippen LogP contribution in [0.5, 0.6) is 0 Å². The van der Waals surface area contributed by atoms with Gasteiger partial charge in [0.25, 0.3) is 0 Å². The Hall–Kier alpha value is -1.14. The van der Waals surface area contributed by atoms with Crippen molar-refractivity contribution in [3.63, 3.8) is 0 Å². The van der Waals surface area contributed by atoms with Crippen molar-refractivity contribution < 1.29 is 0 Å². The monoisotopic (exact) mass is 96.1 g/mol. The van der Waals surface area contributed by atoms with Gasteiger partial charge in [-0.2, -0.15) is 0 Å². The molecule has 0 aromatic heterocycles. The van der Waals surface area contributed by atoms with Crippen LogP contribution < -0.4 is 11.5 Å². The second-order valence-corrected chi connectivity index (χ2v) is 0.885. The van der Waals surface area contributed by atoms with Crippen molar-refractivity contribution in [3.05, 3.63) is 30.3 Å². The molecule has 0 aliphatic heterocycles. The van der Waals surface area contributed by atoms with E-state index in [4.69, 9.17) is 11.5 Å². The predicted octanol–water partition coefficient (Wildman–Crippen LogP) is 0.0863. The smallest absolute Gasteiger partial charge is 0.0371 e. The van der Waals surface area contributed by atoms with Crippen LogP contribution in [0.3, 0.4) is 0 Å². The SMILES string of the molecule is NC=C=C/C=C\N. The third-order valence-electron chi connectivity index (χ3n) is 0.400. The largest absolute Gasteiger partial charge is 0.405 e. The fourth-order valence-corrected chi connectivity index (χ4v) is 0.167. The molecule has 0 radical (unpaired) electrons. The Kier molecular flexibility index (Phi) is 4.07. The van der Waals surface area contributed by atoms with Crippen molar-refractivity contribution in [2.75, 3.05) is 0 Å². The van der Waals surface area contributed by atoms with Gasteiger partial charge in [0.1, 0.15) is 0 Å². The topological polar surface area (TPSA) is 52.0 Å². The minimum Gasteiger partial charge on any atom is -0.405 e. The van der Waals surface area contributed by atoms with E-state index in [1.54, 1.807) is 12.2 Å². The molecule has 2 heteroatoms. The van der Waals surface area contributed by atoms with E-state index in [9.17, 15) is 0 Å². The molecule has 0 unspecified atom stereocenters. The quantitative estimate of drug-likeness (QED) is 0.359. The molecule has 38 valence electrons. The normalized spacial score (nSPS) is 8.00. The van der Waals surface area contributed by atoms with Crippen molar-refractivity contribution >= 4 is 0 Å². The van der Waals surface area contributed by atoms with Crippen molar-refractivity contribution in [3.8, 4) is 0 Å². The van der Waals surface area contributed by atoms with Gasteiger partial charge in [-0.3, -0.25) is 0 Å². The maximum atomic E-state index is 4.96. The number of nitrogens with two attached hydrogens (primary N) is 2. The molecule has 0 amide bonds. The summed E-state index contributed by atoms with van der Waals surface area (Å²) >= 11 is 0. The lowest BCUT2D eigenvalue weighted by Gasteiger charge is -1.62. The van der Waals surface area contributed by atoms with Crippen LogP contribution in [0.25, 0.3) is 0 Å². The van der Waals surface area contributed by atoms with E-state index in [0.29, 0.717) is 0 Å². The van der Waals surface area contributed by atoms with Crippen LogP contribution in [-0.2, 0) is 0 Å². The summed E-state index contributed by atoms with van der Waals surface area (Å²) < 4.78 is 0. The van der Waals surface area contributed by atoms with Gasteiger partial charge in [-0.1, -0.05) is 0 Å². The van der Waals surface area contributed by atoms with Gasteiger partial charge >= 0.3 is 0 Å². The first-order valence-corrected chi connectivity index (χ1v) is 1.91. The zero-order valence-electron chi connectivity index (χ0n) is 3.96. The summed E-state index contributed by atoms with van der Waals surface area (Å²) in [6.07, 6.45) is 6.00. The summed E-state index contributed by atoms with van der Waals surface area (Å²) in [7, 11) is 0. The number of rotatable bonds is 1. The maximum absolute atomic E-state index is 4.96. The molecule has 0 aliphatic carbocycles. The van der Waals surface area contributed by atoms with E-state index in [-0.39, 0.29) is 0 Å². The molecule has 0 saturated heterocycles. The third kappa shape index (κ3) is 4.86. The Bertz CT molecular complexity index is 107. The second kappa shape index (κ2) is 4.86. The van der Waals surface area contributed by atoms with Crippen molar-refractivity contribution in [2.45, 2.75) is 0 Å². The Balaban J connectivity index is 3.48. The molecule has 0 spiro atoms. The van der Waals surface area contributed by atoms with Gasteiger partial charge in [0.2, 0.25) is 0 Å². The average molecular weight is 96.1 g/mol. The fourth-order valence-electron chi connectivity index (χ4n) is 0.167. The van der Waals surface area contributed by atoms with Gasteiger partial charge < -0.3 is 11.5 Å². The lowest BCUT2D eigenvalue weighted by Crippen LogP contribution is -1.72. The van der Waals surface area contributed by atoms with Crippen LogP contribution in [0.4, 0.5) is 0 Å². The third-order valence-corrected chi connectivity index (χ3v) is 0.400. The molecule has 0 heterocycles. The zero-order chi connectivity index (χ0) is 5.54. The Labute approximate surface area is 42.8 Å². The van der Waals surface area contributed by atoms with E-state index in [1.165, 1.54) is 12.4 Å². The first-order valence-electron chi connectivity index (χ1n) is 1.91. The van der Waals surface area contributed by atoms with Crippen LogP contribution in [0, 0.1) is 0 Å². The van der Waals surface area contributed by atoms with Crippen LogP contribution in [0.1, 0.15) is 0 Å². The minimum absolute atomic E-state index is 1.32. The zero-order valence-corrected chi connectivity index (χ0v) is 3.96. The summed E-state index contributed by atoms with van der Waals surface area (Å²) in [6.45, 7) is 0. The molecule has 4 N–H and O–H groups in total. The van der Waals surface area contributed by atoms with Crippen molar-refractivity contribution in [1.82, 2.24) is 0 Å². The summed E-state index contributed by atoms with van der Waals surface area (Å²) in [6, 6.07) is 0. The summed E-state index contributed by atoms with van der Waals surface area (Å²) in [5, 5.41) is 0. The number of hydrogen-bond acceptors (Lipinski definition) is 2. The first kappa shape index (κ1) is 5.86. The number of hydrogen-bond donors (Lipinski definition) is 2. The lowest BCUT2D eigenvalue weighted by molar-refractivity contribution is 1.59. The summed E-state index contributed by atoms with van der Waals surface area (Å²) in [4.78, 5) is 0. The van der Waals surface area contributed by atoms with Crippen molar-refractivity contribution in [2.24, 2.45) is 11.5 Å². The van der Waals surface area contributed by atoms with Gasteiger partial charge in [0.15, 0.2) is 0 Å². The van der Waals surface area contributed by atoms with E-state index < -0.39 is 0 Å². The molecule has 0 bridgehead atoms. The summed E-state index contributed by atoms with van der Waals surface area (Å²) in [5.41, 5.74) is 12.5. The average Bonchev–Trinajstić information content (AvgIpc) is 1.69. The van der Waals surface area contributed by atoms with Gasteiger partial charge in [-0.05, 0) is 18.4 Å². The van der Waals surface area contributed by atoms with Gasteiger partial charge in [0.05, 0.1) is 0 Å². The highest BCUT2D eigenvalue weighted by Gasteiger charge is 1.48. The minimum atomic E-state index is 1.32. The van der Waals surface area contributed by atoms with Gasteiger partial charge in [-0.15, -0.1) is 5.73 Å². The molecule has 0 aromatic rings. The Morgan fingerprint density at radius 3 is 2.43 bits per heavy atom. The first-order chi connectivity index (χ1) is 3.41. The molecule has 2 nitrogen and oxygen atoms in total. The number of allylic oxidation sites excluding steroid dienone is 2. The van der Waals surface area contributed by atoms with Crippen LogP contribution >= 0.6 is 0 Å². The maximum Gasteiger partial charge on any atom is 0.0371 e. The van der Waals surface area contributed by atoms with Crippen LogP contribution in [0.15, 0.2) is 30.3 Å². The Morgan fingerprint density at radius 2 is 2.00 bits per heavy atom. The molecule has 0 aromatic carbocycles. The molecular formula is C5H8N2. The molecule has 0 fully saturated rings. The van der Waals surface area contributed by atoms with Crippen LogP contribution in [0.2, 0.25) is 0 Å². The molecule has 0 rings (SSSR count). The fraction of sp³-hybridized carbons (Fsp3) is 0. The lowest BCUT2D eigenvalue weighted by atomic mass is 10.6. The standard InChI is InChI=1S/C5H8N2/c6-4-2-1-3-5-7/h1-2,4-5H,6-7H2/b4-2-. The van der Waals surface area contributed by atoms with Gasteiger partial charge in [-0.25, -0.2) is 0 Å². The Morgan fingerprint density at radius 1 is 1.29 bits per heavy atom. The molecule has 0 aliphatic rings. The molecule has 0 atom stereocenters. The van der Waals surface area contributed by atoms with E-state index >= 15 is 0 Å². The molecule has 7 heavy (non-hydrogen) atoms. The highest BCUT2D eigenvalue weighted by molar-refractivity contribution is 4.99. The highest BCUT2D eigenvalue weighted by Crippen LogP contribution is 1.63. The van der Waals surface area contributed by atoms with Crippen LogP contribution in [-0.4, -0.2) is 0 Å².